The normalized spacial score (nSPS) is 32.5. The second kappa shape index (κ2) is 7.13. The van der Waals surface area contributed by atoms with Gasteiger partial charge in [-0.05, 0) is 49.6 Å². The third-order valence-corrected chi connectivity index (χ3v) is 6.32. The number of carbonyl (C=O) groups excluding carboxylic acids is 1. The lowest BCUT2D eigenvalue weighted by Gasteiger charge is -2.29. The van der Waals surface area contributed by atoms with Crippen LogP contribution in [0.2, 0.25) is 0 Å². The number of hydrogen-bond acceptors (Lipinski definition) is 2. The summed E-state index contributed by atoms with van der Waals surface area (Å²) in [6, 6.07) is 0. The average Bonchev–Trinajstić information content (AvgIpc) is 2.86. The van der Waals surface area contributed by atoms with Gasteiger partial charge in [-0.3, -0.25) is 4.79 Å². The van der Waals surface area contributed by atoms with Gasteiger partial charge in [-0.15, -0.1) is 0 Å². The van der Waals surface area contributed by atoms with Crippen LogP contribution in [0.25, 0.3) is 0 Å². The average molecular weight is 292 g/mol. The van der Waals surface area contributed by atoms with E-state index in [0.29, 0.717) is 11.8 Å². The van der Waals surface area contributed by atoms with Gasteiger partial charge in [-0.1, -0.05) is 39.0 Å². The quantitative estimate of drug-likeness (QED) is 0.867. The van der Waals surface area contributed by atoms with Crippen LogP contribution in [0.1, 0.15) is 58.3 Å². The minimum Gasteiger partial charge on any atom is -0.343 e. The molecule has 3 heteroatoms. The Morgan fingerprint density at radius 3 is 2.29 bits per heavy atom. The Balaban J connectivity index is 1.48. The number of rotatable bonds is 3. The molecule has 3 fully saturated rings. The highest BCUT2D eigenvalue weighted by Crippen LogP contribution is 2.32. The number of likely N-dealkylation sites (tertiary alicyclic amines) is 1. The molecule has 2 saturated heterocycles. The summed E-state index contributed by atoms with van der Waals surface area (Å²) < 4.78 is 0. The fourth-order valence-corrected chi connectivity index (χ4v) is 4.74. The number of nitrogens with one attached hydrogen (secondary N) is 1. The minimum absolute atomic E-state index is 0.431. The zero-order valence-electron chi connectivity index (χ0n) is 13.7. The summed E-state index contributed by atoms with van der Waals surface area (Å²) in [4.78, 5) is 14.8. The molecule has 1 amide bonds. The predicted octanol–water partition coefficient (Wildman–Crippen LogP) is 3.05. The molecule has 1 saturated carbocycles. The first-order chi connectivity index (χ1) is 10.2. The van der Waals surface area contributed by atoms with Gasteiger partial charge in [0.05, 0.1) is 0 Å². The maximum Gasteiger partial charge on any atom is 0.222 e. The van der Waals surface area contributed by atoms with E-state index in [0.717, 1.165) is 37.3 Å². The number of amides is 1. The lowest BCUT2D eigenvalue weighted by atomic mass is 9.79. The van der Waals surface area contributed by atoms with Gasteiger partial charge in [0.25, 0.3) is 0 Å². The van der Waals surface area contributed by atoms with Crippen LogP contribution in [0.5, 0.6) is 0 Å². The van der Waals surface area contributed by atoms with Crippen LogP contribution >= 0.6 is 0 Å². The Labute approximate surface area is 129 Å². The number of hydrogen-bond donors (Lipinski definition) is 1. The third-order valence-electron chi connectivity index (χ3n) is 6.32. The van der Waals surface area contributed by atoms with Crippen LogP contribution in [-0.2, 0) is 4.79 Å². The van der Waals surface area contributed by atoms with Crippen LogP contribution in [-0.4, -0.2) is 37.0 Å². The van der Waals surface area contributed by atoms with Crippen LogP contribution in [0.15, 0.2) is 0 Å². The highest BCUT2D eigenvalue weighted by atomic mass is 16.2. The van der Waals surface area contributed by atoms with Gasteiger partial charge in [-0.25, -0.2) is 0 Å². The molecule has 0 aromatic carbocycles. The molecule has 1 aliphatic carbocycles. The minimum atomic E-state index is 0.431. The summed E-state index contributed by atoms with van der Waals surface area (Å²) in [6.07, 6.45) is 10.1. The van der Waals surface area contributed by atoms with Crippen molar-refractivity contribution in [3.8, 4) is 0 Å². The van der Waals surface area contributed by atoms with E-state index in [2.05, 4.69) is 17.1 Å². The molecule has 0 aromatic heterocycles. The molecule has 3 aliphatic rings. The Bertz CT molecular complexity index is 337. The molecule has 1 N–H and O–H groups in total. The van der Waals surface area contributed by atoms with E-state index in [4.69, 9.17) is 0 Å². The summed E-state index contributed by atoms with van der Waals surface area (Å²) in [5, 5.41) is 3.51. The molecule has 21 heavy (non-hydrogen) atoms. The molecule has 3 atom stereocenters. The summed E-state index contributed by atoms with van der Waals surface area (Å²) in [5.74, 6) is 3.46. The van der Waals surface area contributed by atoms with E-state index in [1.807, 2.05) is 0 Å². The molecule has 0 bridgehead atoms. The number of carbonyl (C=O) groups is 1. The van der Waals surface area contributed by atoms with Crippen molar-refractivity contribution in [3.05, 3.63) is 0 Å². The standard InChI is InChI=1S/C18H32N2O/c1-14(15-5-3-2-4-6-15)11-18(21)20-9-7-16-12-19-13-17(16)8-10-20/h14-17,19H,2-13H2,1H3/t14?,16-,17+. The van der Waals surface area contributed by atoms with Crippen molar-refractivity contribution in [1.82, 2.24) is 10.2 Å². The summed E-state index contributed by atoms with van der Waals surface area (Å²) >= 11 is 0. The van der Waals surface area contributed by atoms with E-state index >= 15 is 0 Å². The van der Waals surface area contributed by atoms with Gasteiger partial charge in [0.1, 0.15) is 0 Å². The smallest absolute Gasteiger partial charge is 0.222 e. The van der Waals surface area contributed by atoms with Gasteiger partial charge in [-0.2, -0.15) is 0 Å². The van der Waals surface area contributed by atoms with Crippen LogP contribution in [0, 0.1) is 23.7 Å². The van der Waals surface area contributed by atoms with Crippen molar-refractivity contribution in [1.29, 1.82) is 0 Å². The first kappa shape index (κ1) is 15.3. The summed E-state index contributed by atoms with van der Waals surface area (Å²) in [7, 11) is 0. The third kappa shape index (κ3) is 3.80. The zero-order chi connectivity index (χ0) is 14.7. The largest absolute Gasteiger partial charge is 0.343 e. The second-order valence-electron chi connectivity index (χ2n) is 7.72. The van der Waals surface area contributed by atoms with Crippen molar-refractivity contribution >= 4 is 5.91 Å². The van der Waals surface area contributed by atoms with Gasteiger partial charge >= 0.3 is 0 Å². The molecule has 0 spiro atoms. The van der Waals surface area contributed by atoms with E-state index in [-0.39, 0.29) is 0 Å². The van der Waals surface area contributed by atoms with E-state index < -0.39 is 0 Å². The van der Waals surface area contributed by atoms with Crippen molar-refractivity contribution in [2.45, 2.75) is 58.3 Å². The Morgan fingerprint density at radius 1 is 1.05 bits per heavy atom. The lowest BCUT2D eigenvalue weighted by molar-refractivity contribution is -0.132. The van der Waals surface area contributed by atoms with Crippen LogP contribution in [0.4, 0.5) is 0 Å². The monoisotopic (exact) mass is 292 g/mol. The maximum atomic E-state index is 12.6. The Morgan fingerprint density at radius 2 is 1.67 bits per heavy atom. The number of nitrogens with zero attached hydrogens (tertiary/aromatic N) is 1. The predicted molar refractivity (Wildman–Crippen MR) is 86.0 cm³/mol. The summed E-state index contributed by atoms with van der Waals surface area (Å²) in [6.45, 7) is 6.65. The van der Waals surface area contributed by atoms with Crippen molar-refractivity contribution in [2.75, 3.05) is 26.2 Å². The molecule has 3 rings (SSSR count). The fraction of sp³-hybridized carbons (Fsp3) is 0.944. The molecule has 120 valence electrons. The van der Waals surface area contributed by atoms with Gasteiger partial charge in [0, 0.05) is 19.5 Å². The Hall–Kier alpha value is -0.570. The highest BCUT2D eigenvalue weighted by molar-refractivity contribution is 5.76. The van der Waals surface area contributed by atoms with Gasteiger partial charge < -0.3 is 10.2 Å². The molecule has 1 unspecified atom stereocenters. The van der Waals surface area contributed by atoms with Gasteiger partial charge in [0.2, 0.25) is 5.91 Å². The SMILES string of the molecule is CC(CC(=O)N1CC[C@@H]2CNC[C@@H]2CC1)C1CCCCC1. The molecule has 0 radical (unpaired) electrons. The first-order valence-corrected chi connectivity index (χ1v) is 9.22. The molecular formula is C18H32N2O. The molecule has 3 nitrogen and oxygen atoms in total. The molecule has 2 aliphatic heterocycles. The molecule has 0 aromatic rings. The second-order valence-corrected chi connectivity index (χ2v) is 7.72. The van der Waals surface area contributed by atoms with Crippen molar-refractivity contribution < 1.29 is 4.79 Å². The van der Waals surface area contributed by atoms with Gasteiger partial charge in [0.15, 0.2) is 0 Å². The highest BCUT2D eigenvalue weighted by Gasteiger charge is 2.32. The zero-order valence-corrected chi connectivity index (χ0v) is 13.7. The van der Waals surface area contributed by atoms with Crippen LogP contribution in [0.3, 0.4) is 0 Å². The molecule has 2 heterocycles. The fourth-order valence-electron chi connectivity index (χ4n) is 4.74. The Kier molecular flexibility index (Phi) is 5.20. The topological polar surface area (TPSA) is 32.3 Å². The van der Waals surface area contributed by atoms with Crippen molar-refractivity contribution in [3.63, 3.8) is 0 Å². The van der Waals surface area contributed by atoms with E-state index in [1.165, 1.54) is 58.0 Å². The summed E-state index contributed by atoms with van der Waals surface area (Å²) in [5.41, 5.74) is 0. The number of fused-ring (bicyclic) bond motifs is 1. The van der Waals surface area contributed by atoms with Crippen molar-refractivity contribution in [2.24, 2.45) is 23.7 Å². The maximum absolute atomic E-state index is 12.6. The van der Waals surface area contributed by atoms with Crippen LogP contribution < -0.4 is 5.32 Å². The van der Waals surface area contributed by atoms with E-state index in [9.17, 15) is 4.79 Å². The first-order valence-electron chi connectivity index (χ1n) is 9.22. The lowest BCUT2D eigenvalue weighted by Crippen LogP contribution is -2.34. The molecular weight excluding hydrogens is 260 g/mol. The van der Waals surface area contributed by atoms with E-state index in [1.54, 1.807) is 0 Å².